The van der Waals surface area contributed by atoms with Gasteiger partial charge in [-0.15, -0.1) is 0 Å². The summed E-state index contributed by atoms with van der Waals surface area (Å²) in [5, 5.41) is 3.55. The Kier molecular flexibility index (Phi) is 5.01. The van der Waals surface area contributed by atoms with E-state index in [4.69, 9.17) is 4.74 Å². The second kappa shape index (κ2) is 6.06. The Balaban J connectivity index is 2.49. The van der Waals surface area contributed by atoms with Crippen molar-refractivity contribution in [3.05, 3.63) is 29.8 Å². The van der Waals surface area contributed by atoms with Crippen LogP contribution in [0.4, 0.5) is 0 Å². The van der Waals surface area contributed by atoms with Crippen LogP contribution < -0.4 is 10.1 Å². The summed E-state index contributed by atoms with van der Waals surface area (Å²) in [6.07, 6.45) is 1.18. The third kappa shape index (κ3) is 5.22. The lowest BCUT2D eigenvalue weighted by Gasteiger charge is -2.21. The van der Waals surface area contributed by atoms with Crippen LogP contribution in [0.15, 0.2) is 24.3 Å². The highest BCUT2D eigenvalue weighted by Crippen LogP contribution is 2.20. The van der Waals surface area contributed by atoms with Crippen LogP contribution in [-0.2, 0) is 0 Å². The molecule has 0 radical (unpaired) electrons. The van der Waals surface area contributed by atoms with Gasteiger partial charge in [-0.25, -0.2) is 0 Å². The molecule has 0 saturated carbocycles. The first-order valence-electron chi connectivity index (χ1n) is 6.30. The monoisotopic (exact) mass is 235 g/mol. The first kappa shape index (κ1) is 14.0. The minimum absolute atomic E-state index is 0.368. The van der Waals surface area contributed by atoms with Crippen LogP contribution in [-0.4, -0.2) is 13.7 Å². The van der Waals surface area contributed by atoms with Gasteiger partial charge in [0.25, 0.3) is 0 Å². The molecule has 0 aromatic heterocycles. The molecule has 0 aliphatic carbocycles. The van der Waals surface area contributed by atoms with E-state index in [9.17, 15) is 0 Å². The fraction of sp³-hybridized carbons (Fsp3) is 0.600. The Bertz CT molecular complexity index is 341. The van der Waals surface area contributed by atoms with Gasteiger partial charge in [0.15, 0.2) is 0 Å². The van der Waals surface area contributed by atoms with Crippen LogP contribution in [0, 0.1) is 5.41 Å². The average molecular weight is 235 g/mol. The van der Waals surface area contributed by atoms with Crippen LogP contribution in [0.1, 0.15) is 45.7 Å². The van der Waals surface area contributed by atoms with Gasteiger partial charge in [0.05, 0.1) is 7.11 Å². The predicted molar refractivity (Wildman–Crippen MR) is 73.5 cm³/mol. The molecule has 2 heteroatoms. The molecule has 0 unspecified atom stereocenters. The fourth-order valence-corrected chi connectivity index (χ4v) is 1.69. The molecule has 0 heterocycles. The lowest BCUT2D eigenvalue weighted by Crippen LogP contribution is -2.23. The van der Waals surface area contributed by atoms with Gasteiger partial charge >= 0.3 is 0 Å². The second-order valence-electron chi connectivity index (χ2n) is 5.76. The number of hydrogen-bond donors (Lipinski definition) is 1. The second-order valence-corrected chi connectivity index (χ2v) is 5.76. The van der Waals surface area contributed by atoms with Crippen molar-refractivity contribution in [2.24, 2.45) is 5.41 Å². The molecule has 1 atom stereocenters. The summed E-state index contributed by atoms with van der Waals surface area (Å²) in [5.41, 5.74) is 1.67. The Morgan fingerprint density at radius 2 is 2.00 bits per heavy atom. The maximum absolute atomic E-state index is 5.24. The maximum atomic E-state index is 5.24. The number of hydrogen-bond acceptors (Lipinski definition) is 2. The minimum Gasteiger partial charge on any atom is -0.497 e. The zero-order valence-corrected chi connectivity index (χ0v) is 11.7. The predicted octanol–water partition coefficient (Wildman–Crippen LogP) is 3.78. The number of nitrogens with one attached hydrogen (secondary N) is 1. The molecule has 2 nitrogen and oxygen atoms in total. The van der Waals surface area contributed by atoms with Crippen molar-refractivity contribution in [3.63, 3.8) is 0 Å². The molecule has 1 rings (SSSR count). The topological polar surface area (TPSA) is 21.3 Å². The third-order valence-corrected chi connectivity index (χ3v) is 2.92. The van der Waals surface area contributed by atoms with E-state index >= 15 is 0 Å². The number of methoxy groups -OCH3 is 1. The van der Waals surface area contributed by atoms with Gasteiger partial charge < -0.3 is 10.1 Å². The molecule has 0 fully saturated rings. The Morgan fingerprint density at radius 3 is 2.59 bits per heavy atom. The fourth-order valence-electron chi connectivity index (χ4n) is 1.69. The van der Waals surface area contributed by atoms with E-state index in [1.165, 1.54) is 12.0 Å². The van der Waals surface area contributed by atoms with E-state index in [1.54, 1.807) is 7.11 Å². The highest BCUT2D eigenvalue weighted by atomic mass is 16.5. The molecule has 0 aliphatic heterocycles. The lowest BCUT2D eigenvalue weighted by atomic mass is 9.92. The van der Waals surface area contributed by atoms with E-state index in [0.29, 0.717) is 11.5 Å². The lowest BCUT2D eigenvalue weighted by molar-refractivity contribution is 0.357. The Morgan fingerprint density at radius 1 is 1.29 bits per heavy atom. The van der Waals surface area contributed by atoms with Gasteiger partial charge in [0.1, 0.15) is 5.75 Å². The van der Waals surface area contributed by atoms with Gasteiger partial charge in [-0.3, -0.25) is 0 Å². The molecule has 0 amide bonds. The normalized spacial score (nSPS) is 13.5. The quantitative estimate of drug-likeness (QED) is 0.838. The van der Waals surface area contributed by atoms with Crippen molar-refractivity contribution in [2.75, 3.05) is 13.7 Å². The Labute approximate surface area is 105 Å². The van der Waals surface area contributed by atoms with Crippen LogP contribution >= 0.6 is 0 Å². The largest absolute Gasteiger partial charge is 0.497 e. The van der Waals surface area contributed by atoms with Crippen LogP contribution in [0.3, 0.4) is 0 Å². The van der Waals surface area contributed by atoms with Crippen molar-refractivity contribution in [3.8, 4) is 5.75 Å². The maximum Gasteiger partial charge on any atom is 0.119 e. The van der Waals surface area contributed by atoms with Crippen LogP contribution in [0.5, 0.6) is 5.75 Å². The smallest absolute Gasteiger partial charge is 0.119 e. The zero-order chi connectivity index (χ0) is 12.9. The number of benzene rings is 1. The molecule has 0 saturated heterocycles. The first-order valence-corrected chi connectivity index (χ1v) is 6.30. The molecule has 0 aliphatic rings. The van der Waals surface area contributed by atoms with Crippen molar-refractivity contribution < 1.29 is 4.74 Å². The van der Waals surface area contributed by atoms with Gasteiger partial charge in [-0.05, 0) is 43.0 Å². The van der Waals surface area contributed by atoms with Crippen molar-refractivity contribution in [1.82, 2.24) is 5.32 Å². The SMILES string of the molecule is COc1cccc([C@H](C)NCCC(C)(C)C)c1. The van der Waals surface area contributed by atoms with Crippen LogP contribution in [0.25, 0.3) is 0 Å². The van der Waals surface area contributed by atoms with E-state index < -0.39 is 0 Å². The van der Waals surface area contributed by atoms with Crippen molar-refractivity contribution in [1.29, 1.82) is 0 Å². The molecule has 96 valence electrons. The molecule has 17 heavy (non-hydrogen) atoms. The van der Waals surface area contributed by atoms with E-state index in [-0.39, 0.29) is 0 Å². The molecule has 0 bridgehead atoms. The molecule has 1 aromatic carbocycles. The average Bonchev–Trinajstić information content (AvgIpc) is 2.27. The van der Waals surface area contributed by atoms with Gasteiger partial charge in [-0.2, -0.15) is 0 Å². The zero-order valence-electron chi connectivity index (χ0n) is 11.7. The number of rotatable bonds is 5. The summed E-state index contributed by atoms with van der Waals surface area (Å²) < 4.78 is 5.24. The van der Waals surface area contributed by atoms with Crippen molar-refractivity contribution >= 4 is 0 Å². The molecule has 0 spiro atoms. The summed E-state index contributed by atoms with van der Waals surface area (Å²) in [6, 6.07) is 8.61. The molecule has 1 N–H and O–H groups in total. The van der Waals surface area contributed by atoms with E-state index in [1.807, 2.05) is 12.1 Å². The van der Waals surface area contributed by atoms with Crippen LogP contribution in [0.2, 0.25) is 0 Å². The van der Waals surface area contributed by atoms with Crippen molar-refractivity contribution in [2.45, 2.75) is 40.2 Å². The summed E-state index contributed by atoms with van der Waals surface area (Å²) in [4.78, 5) is 0. The Hall–Kier alpha value is -1.02. The minimum atomic E-state index is 0.368. The standard InChI is InChI=1S/C15H25NO/c1-12(16-10-9-15(2,3)4)13-7-6-8-14(11-13)17-5/h6-8,11-12,16H,9-10H2,1-5H3/t12-/m0/s1. The number of ether oxygens (including phenoxy) is 1. The highest BCUT2D eigenvalue weighted by Gasteiger charge is 2.11. The molecular weight excluding hydrogens is 210 g/mol. The van der Waals surface area contributed by atoms with E-state index in [2.05, 4.69) is 45.1 Å². The summed E-state index contributed by atoms with van der Waals surface area (Å²) in [6.45, 7) is 10.0. The highest BCUT2D eigenvalue weighted by molar-refractivity contribution is 5.30. The summed E-state index contributed by atoms with van der Waals surface area (Å²) in [7, 11) is 1.71. The van der Waals surface area contributed by atoms with E-state index in [0.717, 1.165) is 12.3 Å². The third-order valence-electron chi connectivity index (χ3n) is 2.92. The molecule has 1 aromatic rings. The van der Waals surface area contributed by atoms with Gasteiger partial charge in [0.2, 0.25) is 0 Å². The summed E-state index contributed by atoms with van der Waals surface area (Å²) >= 11 is 0. The first-order chi connectivity index (χ1) is 7.92. The molecular formula is C15H25NO. The summed E-state index contributed by atoms with van der Waals surface area (Å²) in [5.74, 6) is 0.923. The van der Waals surface area contributed by atoms with Gasteiger partial charge in [-0.1, -0.05) is 32.9 Å². The van der Waals surface area contributed by atoms with Gasteiger partial charge in [0, 0.05) is 6.04 Å².